The minimum absolute atomic E-state index is 0.0444. The highest BCUT2D eigenvalue weighted by Gasteiger charge is 2.21. The summed E-state index contributed by atoms with van der Waals surface area (Å²) in [4.78, 5) is 10.9. The van der Waals surface area contributed by atoms with Gasteiger partial charge in [-0.25, -0.2) is 4.39 Å². The number of benzene rings is 1. The number of carboxylic acid groups (broad SMARTS) is 1. The molecule has 1 rings (SSSR count). The number of halogens is 1. The second-order valence-corrected chi connectivity index (χ2v) is 3.66. The van der Waals surface area contributed by atoms with E-state index in [4.69, 9.17) is 9.84 Å². The minimum atomic E-state index is -0.994. The molecule has 0 aromatic heterocycles. The molecule has 0 spiro atoms. The van der Waals surface area contributed by atoms with Crippen molar-refractivity contribution < 1.29 is 19.0 Å². The van der Waals surface area contributed by atoms with Crippen molar-refractivity contribution in [3.63, 3.8) is 0 Å². The van der Waals surface area contributed by atoms with E-state index in [0.717, 1.165) is 0 Å². The molecule has 4 heteroatoms. The topological polar surface area (TPSA) is 46.5 Å². The van der Waals surface area contributed by atoms with Gasteiger partial charge in [0.15, 0.2) is 11.6 Å². The molecule has 88 valence electrons. The van der Waals surface area contributed by atoms with Gasteiger partial charge in [0.05, 0.1) is 12.5 Å². The first-order valence-corrected chi connectivity index (χ1v) is 5.13. The third-order valence-corrected chi connectivity index (χ3v) is 2.34. The number of hydrogen-bond donors (Lipinski definition) is 1. The molecule has 3 nitrogen and oxygen atoms in total. The van der Waals surface area contributed by atoms with Gasteiger partial charge in [-0.2, -0.15) is 0 Å². The largest absolute Gasteiger partial charge is 0.490 e. The van der Waals surface area contributed by atoms with E-state index in [1.54, 1.807) is 19.9 Å². The Morgan fingerprint density at radius 3 is 2.69 bits per heavy atom. The molecule has 1 N–H and O–H groups in total. The average Bonchev–Trinajstić information content (AvgIpc) is 2.20. The van der Waals surface area contributed by atoms with E-state index in [-0.39, 0.29) is 5.75 Å². The lowest BCUT2D eigenvalue weighted by Crippen LogP contribution is -2.11. The number of aliphatic carboxylic acids is 1. The van der Waals surface area contributed by atoms with Gasteiger partial charge in [0.1, 0.15) is 0 Å². The molecular formula is C12H15FO3. The first-order valence-electron chi connectivity index (χ1n) is 5.13. The monoisotopic (exact) mass is 226 g/mol. The molecule has 0 aliphatic rings. The standard InChI is InChI=1S/C12H15FO3/c1-4-16-11-9(8(3)12(14)15)5-7(2)6-10(11)13/h5-6,8H,4H2,1-3H3,(H,14,15). The molecule has 0 aliphatic heterocycles. The summed E-state index contributed by atoms with van der Waals surface area (Å²) in [7, 11) is 0. The van der Waals surface area contributed by atoms with Crippen molar-refractivity contribution >= 4 is 5.97 Å². The van der Waals surface area contributed by atoms with E-state index >= 15 is 0 Å². The molecule has 0 saturated carbocycles. The number of hydrogen-bond acceptors (Lipinski definition) is 2. The molecule has 0 bridgehead atoms. The van der Waals surface area contributed by atoms with Gasteiger partial charge in [-0.15, -0.1) is 0 Å². The van der Waals surface area contributed by atoms with Gasteiger partial charge < -0.3 is 9.84 Å². The first-order chi connectivity index (χ1) is 7.47. The van der Waals surface area contributed by atoms with Crippen molar-refractivity contribution in [1.29, 1.82) is 0 Å². The first kappa shape index (κ1) is 12.5. The molecular weight excluding hydrogens is 211 g/mol. The third kappa shape index (κ3) is 2.51. The third-order valence-electron chi connectivity index (χ3n) is 2.34. The Kier molecular flexibility index (Phi) is 3.88. The molecule has 1 atom stereocenters. The quantitative estimate of drug-likeness (QED) is 0.858. The van der Waals surface area contributed by atoms with Crippen molar-refractivity contribution in [3.05, 3.63) is 29.1 Å². The highest BCUT2D eigenvalue weighted by atomic mass is 19.1. The molecule has 0 saturated heterocycles. The molecule has 0 amide bonds. The molecule has 0 heterocycles. The summed E-state index contributed by atoms with van der Waals surface area (Å²) in [6.07, 6.45) is 0. The Balaban J connectivity index is 3.28. The summed E-state index contributed by atoms with van der Waals surface area (Å²) in [5.74, 6) is -2.24. The number of carboxylic acids is 1. The highest BCUT2D eigenvalue weighted by Crippen LogP contribution is 2.31. The highest BCUT2D eigenvalue weighted by molar-refractivity contribution is 5.76. The van der Waals surface area contributed by atoms with Crippen LogP contribution in [0.2, 0.25) is 0 Å². The SMILES string of the molecule is CCOc1c(F)cc(C)cc1C(C)C(=O)O. The van der Waals surface area contributed by atoms with Gasteiger partial charge in [0, 0.05) is 5.56 Å². The second kappa shape index (κ2) is 4.96. The van der Waals surface area contributed by atoms with Gasteiger partial charge in [0.25, 0.3) is 0 Å². The number of aryl methyl sites for hydroxylation is 1. The maximum Gasteiger partial charge on any atom is 0.310 e. The van der Waals surface area contributed by atoms with E-state index in [9.17, 15) is 9.18 Å². The van der Waals surface area contributed by atoms with Crippen LogP contribution >= 0.6 is 0 Å². The molecule has 1 aromatic rings. The van der Waals surface area contributed by atoms with Crippen molar-refractivity contribution in [2.45, 2.75) is 26.7 Å². The molecule has 0 fully saturated rings. The lowest BCUT2D eigenvalue weighted by atomic mass is 9.98. The van der Waals surface area contributed by atoms with Crippen LogP contribution in [0.5, 0.6) is 5.75 Å². The van der Waals surface area contributed by atoms with Crippen LogP contribution < -0.4 is 4.74 Å². The van der Waals surface area contributed by atoms with E-state index in [1.165, 1.54) is 13.0 Å². The lowest BCUT2D eigenvalue weighted by Gasteiger charge is -2.15. The van der Waals surface area contributed by atoms with Crippen LogP contribution in [0, 0.1) is 12.7 Å². The number of carbonyl (C=O) groups is 1. The van der Waals surface area contributed by atoms with Crippen LogP contribution in [0.4, 0.5) is 4.39 Å². The Labute approximate surface area is 93.9 Å². The maximum absolute atomic E-state index is 13.6. The van der Waals surface area contributed by atoms with Crippen molar-refractivity contribution in [2.75, 3.05) is 6.61 Å². The Morgan fingerprint density at radius 2 is 2.19 bits per heavy atom. The number of ether oxygens (including phenoxy) is 1. The van der Waals surface area contributed by atoms with Crippen LogP contribution in [0.15, 0.2) is 12.1 Å². The predicted molar refractivity (Wildman–Crippen MR) is 58.4 cm³/mol. The minimum Gasteiger partial charge on any atom is -0.490 e. The fourth-order valence-electron chi connectivity index (χ4n) is 1.51. The van der Waals surface area contributed by atoms with Crippen LogP contribution in [0.1, 0.15) is 30.9 Å². The zero-order chi connectivity index (χ0) is 12.3. The molecule has 1 unspecified atom stereocenters. The fraction of sp³-hybridized carbons (Fsp3) is 0.417. The zero-order valence-corrected chi connectivity index (χ0v) is 9.58. The van der Waals surface area contributed by atoms with Crippen molar-refractivity contribution in [1.82, 2.24) is 0 Å². The van der Waals surface area contributed by atoms with Gasteiger partial charge in [-0.05, 0) is 32.4 Å². The van der Waals surface area contributed by atoms with Gasteiger partial charge >= 0.3 is 5.97 Å². The Hall–Kier alpha value is -1.58. The van der Waals surface area contributed by atoms with Gasteiger partial charge in [-0.3, -0.25) is 4.79 Å². The number of rotatable bonds is 4. The van der Waals surface area contributed by atoms with Gasteiger partial charge in [-0.1, -0.05) is 6.07 Å². The molecule has 0 radical (unpaired) electrons. The van der Waals surface area contributed by atoms with Gasteiger partial charge in [0.2, 0.25) is 0 Å². The molecule has 0 aliphatic carbocycles. The smallest absolute Gasteiger partial charge is 0.310 e. The summed E-state index contributed by atoms with van der Waals surface area (Å²) < 4.78 is 18.8. The van der Waals surface area contributed by atoms with E-state index in [2.05, 4.69) is 0 Å². The Morgan fingerprint density at radius 1 is 1.56 bits per heavy atom. The predicted octanol–water partition coefficient (Wildman–Crippen LogP) is 2.72. The lowest BCUT2D eigenvalue weighted by molar-refractivity contribution is -0.138. The van der Waals surface area contributed by atoms with Crippen molar-refractivity contribution in [2.24, 2.45) is 0 Å². The summed E-state index contributed by atoms with van der Waals surface area (Å²) in [5.41, 5.74) is 1.07. The summed E-state index contributed by atoms with van der Waals surface area (Å²) >= 11 is 0. The van der Waals surface area contributed by atoms with Crippen molar-refractivity contribution in [3.8, 4) is 5.75 Å². The van der Waals surface area contributed by atoms with Crippen LogP contribution in [0.25, 0.3) is 0 Å². The fourth-order valence-corrected chi connectivity index (χ4v) is 1.51. The zero-order valence-electron chi connectivity index (χ0n) is 9.58. The Bertz CT molecular complexity index is 401. The summed E-state index contributed by atoms with van der Waals surface area (Å²) in [5, 5.41) is 8.93. The van der Waals surface area contributed by atoms with Crippen LogP contribution in [-0.2, 0) is 4.79 Å². The van der Waals surface area contributed by atoms with Crippen LogP contribution in [-0.4, -0.2) is 17.7 Å². The van der Waals surface area contributed by atoms with E-state index in [0.29, 0.717) is 17.7 Å². The normalized spacial score (nSPS) is 12.2. The van der Waals surface area contributed by atoms with E-state index in [1.807, 2.05) is 0 Å². The average molecular weight is 226 g/mol. The van der Waals surface area contributed by atoms with E-state index < -0.39 is 17.7 Å². The second-order valence-electron chi connectivity index (χ2n) is 3.66. The van der Waals surface area contributed by atoms with Crippen LogP contribution in [0.3, 0.4) is 0 Å². The molecule has 1 aromatic carbocycles. The summed E-state index contributed by atoms with van der Waals surface area (Å²) in [6.45, 7) is 5.27. The maximum atomic E-state index is 13.6. The molecule has 16 heavy (non-hydrogen) atoms. The summed E-state index contributed by atoms with van der Waals surface area (Å²) in [6, 6.07) is 2.98.